The summed E-state index contributed by atoms with van der Waals surface area (Å²) in [5.74, 6) is 0. The van der Waals surface area contributed by atoms with E-state index in [1.807, 2.05) is 0 Å². The Morgan fingerprint density at radius 2 is 0.786 bits per heavy atom. The molecule has 0 unspecified atom stereocenters. The van der Waals surface area contributed by atoms with Crippen molar-refractivity contribution >= 4 is 55.4 Å². The van der Waals surface area contributed by atoms with E-state index in [0.717, 1.165) is 5.67 Å². The maximum Gasteiger partial charge on any atom is 0.149 e. The van der Waals surface area contributed by atoms with Crippen molar-refractivity contribution in [2.75, 3.05) is 0 Å². The first kappa shape index (κ1) is 17.9. The van der Waals surface area contributed by atoms with Gasteiger partial charge in [-0.3, -0.25) is 0 Å². The molecule has 0 aromatic rings. The molecule has 0 aromatic heterocycles. The molecule has 0 rings (SSSR count). The number of rotatable bonds is 2. The largest absolute Gasteiger partial charge is 0.168 e. The van der Waals surface area contributed by atoms with Crippen molar-refractivity contribution in [2.24, 2.45) is 0 Å². The fourth-order valence-electron chi connectivity index (χ4n) is 1.000. The molecule has 0 heterocycles. The molecule has 0 atom stereocenters. The van der Waals surface area contributed by atoms with E-state index in [-0.39, 0.29) is 0 Å². The van der Waals surface area contributed by atoms with Gasteiger partial charge in [-0.25, -0.2) is 0 Å². The van der Waals surface area contributed by atoms with Crippen LogP contribution in [0.15, 0.2) is 0 Å². The lowest BCUT2D eigenvalue weighted by Gasteiger charge is -2.20. The van der Waals surface area contributed by atoms with E-state index in [0.29, 0.717) is 0 Å². The Labute approximate surface area is 106 Å². The van der Waals surface area contributed by atoms with E-state index in [1.54, 1.807) is 0 Å². The van der Waals surface area contributed by atoms with Crippen molar-refractivity contribution in [3.8, 4) is 0 Å². The summed E-state index contributed by atoms with van der Waals surface area (Å²) in [5, 5.41) is 0. The van der Waals surface area contributed by atoms with E-state index >= 15 is 0 Å². The molecule has 0 N–H and O–H groups in total. The molecule has 0 bridgehead atoms. The standard InChI is InChI=1S/C5H14Cl2Si2.C3H9ClSi/c1-8(2,6)5-9(3,4)7;1-5(2,3)4/h5H2,1-4H3;1-3H3. The molecule has 0 radical (unpaired) electrons. The Morgan fingerprint density at radius 1 is 0.643 bits per heavy atom. The van der Waals surface area contributed by atoms with Crippen LogP contribution in [0.1, 0.15) is 0 Å². The average molecular weight is 310 g/mol. The van der Waals surface area contributed by atoms with Crippen molar-refractivity contribution in [1.82, 2.24) is 0 Å². The third-order valence-corrected chi connectivity index (χ3v) is 9.97. The van der Waals surface area contributed by atoms with Gasteiger partial charge in [-0.15, -0.1) is 0 Å². The van der Waals surface area contributed by atoms with Crippen molar-refractivity contribution in [3.05, 3.63) is 0 Å². The summed E-state index contributed by atoms with van der Waals surface area (Å²) in [4.78, 5) is 0. The Bertz CT molecular complexity index is 135. The lowest BCUT2D eigenvalue weighted by atomic mass is 11.8. The SMILES string of the molecule is C[Si](C)(C)Cl.C[Si](C)(Cl)C[Si](C)(C)Cl. The number of hydrogen-bond donors (Lipinski definition) is 0. The Hall–Kier alpha value is 1.52. The zero-order chi connectivity index (χ0) is 12.2. The zero-order valence-corrected chi connectivity index (χ0v) is 15.6. The molecular weight excluding hydrogens is 287 g/mol. The lowest BCUT2D eigenvalue weighted by Crippen LogP contribution is -2.30. The van der Waals surface area contributed by atoms with Gasteiger partial charge < -0.3 is 0 Å². The summed E-state index contributed by atoms with van der Waals surface area (Å²) >= 11 is 17.9. The van der Waals surface area contributed by atoms with Crippen LogP contribution in [0.5, 0.6) is 0 Å². The molecule has 0 aliphatic carbocycles. The molecule has 0 nitrogen and oxygen atoms in total. The average Bonchev–Trinajstić information content (AvgIpc) is 1.42. The maximum absolute atomic E-state index is 6.11. The smallest absolute Gasteiger partial charge is 0.149 e. The lowest BCUT2D eigenvalue weighted by molar-refractivity contribution is 1.66. The van der Waals surface area contributed by atoms with Crippen molar-refractivity contribution < 1.29 is 0 Å². The van der Waals surface area contributed by atoms with Crippen LogP contribution in [-0.4, -0.2) is 22.2 Å². The topological polar surface area (TPSA) is 0 Å². The first-order valence-corrected chi connectivity index (χ1v) is 17.7. The predicted octanol–water partition coefficient (Wildman–Crippen LogP) is 5.47. The second kappa shape index (κ2) is 6.30. The first-order valence-electron chi connectivity index (χ1n) is 4.77. The summed E-state index contributed by atoms with van der Waals surface area (Å²) in [6.45, 7) is 14.9. The van der Waals surface area contributed by atoms with Gasteiger partial charge in [0.1, 0.15) is 22.2 Å². The van der Waals surface area contributed by atoms with Gasteiger partial charge in [-0.05, 0) is 5.67 Å². The second-order valence-corrected chi connectivity index (χ2v) is 27.6. The fourth-order valence-corrected chi connectivity index (χ4v) is 15.6. The highest BCUT2D eigenvalue weighted by Gasteiger charge is 2.28. The molecule has 0 aromatic carbocycles. The van der Waals surface area contributed by atoms with Gasteiger partial charge in [-0.2, -0.15) is 33.2 Å². The molecule has 6 heteroatoms. The van der Waals surface area contributed by atoms with Gasteiger partial charge in [0.05, 0.1) is 0 Å². The molecule has 0 saturated heterocycles. The quantitative estimate of drug-likeness (QED) is 0.468. The monoisotopic (exact) mass is 308 g/mol. The maximum atomic E-state index is 6.11. The molecular formula is C8H23Cl3Si3. The number of halogens is 3. The molecule has 88 valence electrons. The molecule has 0 aliphatic heterocycles. The van der Waals surface area contributed by atoms with Gasteiger partial charge in [0.25, 0.3) is 0 Å². The minimum Gasteiger partial charge on any atom is -0.168 e. The summed E-state index contributed by atoms with van der Waals surface area (Å²) in [5.41, 5.74) is 1.10. The highest BCUT2D eigenvalue weighted by atomic mass is 35.6. The summed E-state index contributed by atoms with van der Waals surface area (Å²) in [7, 11) is -3.92. The van der Waals surface area contributed by atoms with Crippen LogP contribution in [0.3, 0.4) is 0 Å². The summed E-state index contributed by atoms with van der Waals surface area (Å²) in [6, 6.07) is 0. The van der Waals surface area contributed by atoms with Gasteiger partial charge >= 0.3 is 0 Å². The fraction of sp³-hybridized carbons (Fsp3) is 1.00. The highest BCUT2D eigenvalue weighted by molar-refractivity contribution is 7.31. The van der Waals surface area contributed by atoms with Crippen molar-refractivity contribution in [3.63, 3.8) is 0 Å². The Morgan fingerprint density at radius 3 is 0.786 bits per heavy atom. The van der Waals surface area contributed by atoms with Crippen LogP contribution >= 0.6 is 33.2 Å². The molecule has 0 saturated carbocycles. The van der Waals surface area contributed by atoms with Gasteiger partial charge in [0, 0.05) is 0 Å². The zero-order valence-electron chi connectivity index (χ0n) is 10.3. The van der Waals surface area contributed by atoms with Crippen LogP contribution in [-0.2, 0) is 0 Å². The van der Waals surface area contributed by atoms with Crippen molar-refractivity contribution in [2.45, 2.75) is 51.5 Å². The minimum absolute atomic E-state index is 1.10. The predicted molar refractivity (Wildman–Crippen MR) is 80.7 cm³/mol. The van der Waals surface area contributed by atoms with Crippen LogP contribution in [0.4, 0.5) is 0 Å². The van der Waals surface area contributed by atoms with E-state index in [4.69, 9.17) is 33.2 Å². The normalized spacial score (nSPS) is 13.3. The minimum atomic E-state index is -1.39. The van der Waals surface area contributed by atoms with E-state index in [1.165, 1.54) is 0 Å². The molecule has 0 amide bonds. The molecule has 0 aliphatic rings. The molecule has 14 heavy (non-hydrogen) atoms. The Kier molecular flexibility index (Phi) is 8.06. The Balaban J connectivity index is 0. The van der Waals surface area contributed by atoms with Gasteiger partial charge in [0.15, 0.2) is 0 Å². The van der Waals surface area contributed by atoms with Crippen LogP contribution < -0.4 is 0 Å². The number of hydrogen-bond acceptors (Lipinski definition) is 0. The van der Waals surface area contributed by atoms with Crippen LogP contribution in [0.25, 0.3) is 0 Å². The van der Waals surface area contributed by atoms with Crippen LogP contribution in [0.2, 0.25) is 51.5 Å². The van der Waals surface area contributed by atoms with E-state index in [2.05, 4.69) is 45.8 Å². The van der Waals surface area contributed by atoms with Gasteiger partial charge in [-0.1, -0.05) is 45.8 Å². The van der Waals surface area contributed by atoms with Crippen LogP contribution in [0, 0.1) is 0 Å². The first-order chi connectivity index (χ1) is 5.71. The molecule has 0 spiro atoms. The summed E-state index contributed by atoms with van der Waals surface area (Å²) in [6.07, 6.45) is 0. The van der Waals surface area contributed by atoms with E-state index < -0.39 is 22.2 Å². The van der Waals surface area contributed by atoms with Gasteiger partial charge in [0.2, 0.25) is 0 Å². The van der Waals surface area contributed by atoms with E-state index in [9.17, 15) is 0 Å². The summed E-state index contributed by atoms with van der Waals surface area (Å²) < 4.78 is 0. The van der Waals surface area contributed by atoms with Crippen molar-refractivity contribution in [1.29, 1.82) is 0 Å². The third-order valence-electron chi connectivity index (χ3n) is 0.841. The molecule has 0 fully saturated rings. The second-order valence-electron chi connectivity index (χ2n) is 5.68. The third kappa shape index (κ3) is 37.5. The highest BCUT2D eigenvalue weighted by Crippen LogP contribution is 2.24.